The van der Waals surface area contributed by atoms with Crippen LogP contribution in [0.15, 0.2) is 0 Å². The summed E-state index contributed by atoms with van der Waals surface area (Å²) in [7, 11) is 0. The maximum atomic E-state index is 5.65. The zero-order chi connectivity index (χ0) is 5.98. The van der Waals surface area contributed by atoms with Crippen LogP contribution in [0, 0.1) is 0 Å². The summed E-state index contributed by atoms with van der Waals surface area (Å²) >= 11 is 0. The molecular weight excluding hydrogens is 458 g/mol. The van der Waals surface area contributed by atoms with E-state index in [-0.39, 0.29) is 69.5 Å². The van der Waals surface area contributed by atoms with Gasteiger partial charge in [0.15, 0.2) is 0 Å². The van der Waals surface area contributed by atoms with Crippen molar-refractivity contribution >= 4 is 0 Å². The van der Waals surface area contributed by atoms with Gasteiger partial charge in [0, 0.05) is 12.1 Å². The summed E-state index contributed by atoms with van der Waals surface area (Å²) in [4.78, 5) is 0. The molecule has 0 aliphatic heterocycles. The van der Waals surface area contributed by atoms with Gasteiger partial charge in [-0.05, 0) is 12.8 Å². The van der Waals surface area contributed by atoms with E-state index in [2.05, 4.69) is 0 Å². The monoisotopic (exact) mass is 471 g/mol. The molecule has 0 heterocycles. The maximum Gasteiger partial charge on any atom is 2.00 e. The van der Waals surface area contributed by atoms with Crippen LogP contribution in [0.4, 0.5) is 0 Å². The van der Waals surface area contributed by atoms with E-state index < -0.39 is 0 Å². The van der Waals surface area contributed by atoms with Crippen molar-refractivity contribution in [1.29, 1.82) is 0 Å². The Balaban J connectivity index is -0.000000213. The fraction of sp³-hybridized carbons (Fsp3) is 1.00. The Morgan fingerprint density at radius 2 is 1.18 bits per heavy atom. The quantitative estimate of drug-likeness (QED) is 0.346. The van der Waals surface area contributed by atoms with Crippen LogP contribution in [-0.4, -0.2) is 12.1 Å². The Morgan fingerprint density at radius 1 is 0.909 bits per heavy atom. The molecule has 0 aromatic heterocycles. The van der Waals surface area contributed by atoms with Gasteiger partial charge >= 0.3 is 21.1 Å². The smallest absolute Gasteiger partial charge is 1.00 e. The molecule has 72 valence electrons. The normalized spacial score (nSPS) is 28.9. The molecular formula is C6H14ClIN2Pt. The van der Waals surface area contributed by atoms with Gasteiger partial charge in [-0.3, -0.25) is 0 Å². The van der Waals surface area contributed by atoms with Crippen LogP contribution in [0.3, 0.4) is 0 Å². The van der Waals surface area contributed by atoms with E-state index >= 15 is 0 Å². The number of hydrogen-bond donors (Lipinski definition) is 2. The van der Waals surface area contributed by atoms with E-state index in [4.69, 9.17) is 11.5 Å². The molecule has 0 aromatic carbocycles. The third kappa shape index (κ3) is 6.76. The summed E-state index contributed by atoms with van der Waals surface area (Å²) in [6.07, 6.45) is 4.80. The van der Waals surface area contributed by atoms with Crippen molar-refractivity contribution in [3.05, 3.63) is 0 Å². The van der Waals surface area contributed by atoms with E-state index in [1.54, 1.807) is 0 Å². The van der Waals surface area contributed by atoms with Crippen LogP contribution in [0.2, 0.25) is 0 Å². The zero-order valence-corrected chi connectivity index (χ0v) is 11.4. The fourth-order valence-corrected chi connectivity index (χ4v) is 1.19. The van der Waals surface area contributed by atoms with Gasteiger partial charge in [-0.15, -0.1) is 0 Å². The minimum atomic E-state index is 0. The van der Waals surface area contributed by atoms with E-state index in [1.165, 1.54) is 12.8 Å². The predicted molar refractivity (Wildman–Crippen MR) is 34.4 cm³/mol. The number of nitrogens with two attached hydrogens (primary N) is 2. The summed E-state index contributed by atoms with van der Waals surface area (Å²) in [6, 6.07) is 0.562. The largest absolute Gasteiger partial charge is 2.00 e. The van der Waals surface area contributed by atoms with Crippen LogP contribution >= 0.6 is 0 Å². The van der Waals surface area contributed by atoms with Gasteiger partial charge in [0.05, 0.1) is 0 Å². The van der Waals surface area contributed by atoms with Crippen molar-refractivity contribution in [1.82, 2.24) is 0 Å². The van der Waals surface area contributed by atoms with Gasteiger partial charge in [-0.2, -0.15) is 0 Å². The molecule has 0 radical (unpaired) electrons. The average Bonchev–Trinajstić information content (AvgIpc) is 1.77. The van der Waals surface area contributed by atoms with Crippen LogP contribution in [0.5, 0.6) is 0 Å². The summed E-state index contributed by atoms with van der Waals surface area (Å²) in [6.45, 7) is 0. The predicted octanol–water partition coefficient (Wildman–Crippen LogP) is -5.78. The number of hydrogen-bond acceptors (Lipinski definition) is 2. The van der Waals surface area contributed by atoms with Crippen molar-refractivity contribution in [2.75, 3.05) is 0 Å². The molecule has 1 fully saturated rings. The fourth-order valence-electron chi connectivity index (χ4n) is 1.19. The molecule has 5 heteroatoms. The van der Waals surface area contributed by atoms with E-state index in [9.17, 15) is 0 Å². The molecule has 1 rings (SSSR count). The summed E-state index contributed by atoms with van der Waals surface area (Å²) in [5, 5.41) is 0. The van der Waals surface area contributed by atoms with Crippen LogP contribution in [0.1, 0.15) is 25.7 Å². The topological polar surface area (TPSA) is 52.0 Å². The van der Waals surface area contributed by atoms with Gasteiger partial charge in [-0.25, -0.2) is 0 Å². The third-order valence-electron chi connectivity index (χ3n) is 1.87. The van der Waals surface area contributed by atoms with Gasteiger partial charge in [-0.1, -0.05) is 12.8 Å². The zero-order valence-electron chi connectivity index (χ0n) is 6.21. The Bertz CT molecular complexity index is 77.0. The molecule has 11 heavy (non-hydrogen) atoms. The Morgan fingerprint density at radius 3 is 1.36 bits per heavy atom. The Hall–Kier alpha value is 1.63. The Kier molecular flexibility index (Phi) is 16.3. The Labute approximate surface area is 106 Å². The van der Waals surface area contributed by atoms with Crippen LogP contribution < -0.4 is 47.9 Å². The molecule has 2 nitrogen and oxygen atoms in total. The van der Waals surface area contributed by atoms with Gasteiger partial charge in [0.2, 0.25) is 0 Å². The second-order valence-electron chi connectivity index (χ2n) is 2.61. The van der Waals surface area contributed by atoms with Gasteiger partial charge in [0.25, 0.3) is 0 Å². The first-order valence-electron chi connectivity index (χ1n) is 3.32. The SMILES string of the molecule is N[C@@H]1CCCC[C@H]1N.[Cl-].[I-].[Pt+2]. The summed E-state index contributed by atoms with van der Waals surface area (Å²) in [5.41, 5.74) is 11.3. The molecule has 4 N–H and O–H groups in total. The first-order valence-corrected chi connectivity index (χ1v) is 3.32. The van der Waals surface area contributed by atoms with E-state index in [1.807, 2.05) is 0 Å². The van der Waals surface area contributed by atoms with Gasteiger partial charge < -0.3 is 47.9 Å². The van der Waals surface area contributed by atoms with Crippen molar-refractivity contribution in [3.63, 3.8) is 0 Å². The molecule has 1 saturated carbocycles. The first-order chi connectivity index (χ1) is 3.80. The van der Waals surface area contributed by atoms with Crippen molar-refractivity contribution < 1.29 is 57.4 Å². The number of halogens is 2. The minimum absolute atomic E-state index is 0. The molecule has 0 unspecified atom stereocenters. The first kappa shape index (κ1) is 18.4. The third-order valence-corrected chi connectivity index (χ3v) is 1.87. The van der Waals surface area contributed by atoms with E-state index in [0.717, 1.165) is 12.8 Å². The molecule has 0 amide bonds. The molecule has 0 aromatic rings. The van der Waals surface area contributed by atoms with Crippen molar-refractivity contribution in [2.45, 2.75) is 37.8 Å². The average molecular weight is 472 g/mol. The minimum Gasteiger partial charge on any atom is -1.00 e. The molecule has 0 spiro atoms. The number of rotatable bonds is 0. The molecule has 0 saturated heterocycles. The van der Waals surface area contributed by atoms with Crippen molar-refractivity contribution in [3.8, 4) is 0 Å². The maximum absolute atomic E-state index is 5.65. The van der Waals surface area contributed by atoms with Crippen LogP contribution in [0.25, 0.3) is 0 Å². The standard InChI is InChI=1S/C6H14N2.ClH.HI.Pt/c7-5-3-1-2-4-6(5)8;;;/h5-6H,1-4,7-8H2;2*1H;/q;;;+2/p-2/t5-,6-;;;/m1.../s1. The molecule has 1 aliphatic carbocycles. The molecule has 1 aliphatic rings. The van der Waals surface area contributed by atoms with Crippen molar-refractivity contribution in [2.24, 2.45) is 11.5 Å². The second kappa shape index (κ2) is 9.71. The summed E-state index contributed by atoms with van der Waals surface area (Å²) in [5.74, 6) is 0. The summed E-state index contributed by atoms with van der Waals surface area (Å²) < 4.78 is 0. The second-order valence-corrected chi connectivity index (χ2v) is 2.61. The van der Waals surface area contributed by atoms with Gasteiger partial charge in [0.1, 0.15) is 0 Å². The van der Waals surface area contributed by atoms with Crippen LogP contribution in [-0.2, 0) is 21.1 Å². The molecule has 2 atom stereocenters. The molecule has 0 bridgehead atoms. The van der Waals surface area contributed by atoms with E-state index in [0.29, 0.717) is 0 Å².